The van der Waals surface area contributed by atoms with Gasteiger partial charge in [0.05, 0.1) is 12.2 Å². The number of carboxylic acid groups (broad SMARTS) is 1. The molecule has 6 nitrogen and oxygen atoms in total. The second kappa shape index (κ2) is 6.69. The summed E-state index contributed by atoms with van der Waals surface area (Å²) in [5.74, 6) is -0.0749. The van der Waals surface area contributed by atoms with Gasteiger partial charge in [0.2, 0.25) is 5.88 Å². The van der Waals surface area contributed by atoms with Gasteiger partial charge in [-0.05, 0) is 19.4 Å². The zero-order valence-electron chi connectivity index (χ0n) is 11.9. The minimum atomic E-state index is -0.975. The Morgan fingerprint density at radius 1 is 1.33 bits per heavy atom. The van der Waals surface area contributed by atoms with Crippen molar-refractivity contribution >= 4 is 11.8 Å². The first-order valence-electron chi connectivity index (χ1n) is 6.62. The van der Waals surface area contributed by atoms with Crippen LogP contribution in [0.2, 0.25) is 0 Å². The lowest BCUT2D eigenvalue weighted by Crippen LogP contribution is -2.21. The Morgan fingerprint density at radius 2 is 2.05 bits per heavy atom. The van der Waals surface area contributed by atoms with Gasteiger partial charge in [-0.1, -0.05) is 30.3 Å². The summed E-state index contributed by atoms with van der Waals surface area (Å²) < 4.78 is 5.39. The number of aliphatic carboxylic acids is 1. The van der Waals surface area contributed by atoms with Crippen LogP contribution in [-0.4, -0.2) is 27.7 Å². The van der Waals surface area contributed by atoms with Crippen molar-refractivity contribution in [1.29, 1.82) is 0 Å². The average molecular weight is 287 g/mol. The van der Waals surface area contributed by atoms with Crippen molar-refractivity contribution < 1.29 is 14.6 Å². The summed E-state index contributed by atoms with van der Waals surface area (Å²) in [7, 11) is 0. The van der Waals surface area contributed by atoms with Gasteiger partial charge in [-0.15, -0.1) is 0 Å². The molecule has 0 aliphatic rings. The summed E-state index contributed by atoms with van der Waals surface area (Å²) in [6.07, 6.45) is 1.35. The fourth-order valence-electron chi connectivity index (χ4n) is 1.93. The number of rotatable bonds is 6. The molecule has 0 saturated heterocycles. The van der Waals surface area contributed by atoms with Gasteiger partial charge in [-0.25, -0.2) is 14.8 Å². The Balaban J connectivity index is 2.30. The van der Waals surface area contributed by atoms with Crippen molar-refractivity contribution in [3.8, 4) is 5.88 Å². The maximum absolute atomic E-state index is 11.5. The van der Waals surface area contributed by atoms with Crippen LogP contribution in [0.3, 0.4) is 0 Å². The molecule has 2 N–H and O–H groups in total. The topological polar surface area (TPSA) is 84.3 Å². The minimum absolute atomic E-state index is 0.449. The molecule has 0 aliphatic heterocycles. The van der Waals surface area contributed by atoms with E-state index in [1.807, 2.05) is 13.0 Å². The lowest BCUT2D eigenvalue weighted by molar-refractivity contribution is -0.138. The minimum Gasteiger partial charge on any atom is -0.479 e. The van der Waals surface area contributed by atoms with Gasteiger partial charge < -0.3 is 15.2 Å². The smallest absolute Gasteiger partial charge is 0.330 e. The first-order valence-corrected chi connectivity index (χ1v) is 6.62. The monoisotopic (exact) mass is 287 g/mol. The molecule has 21 heavy (non-hydrogen) atoms. The van der Waals surface area contributed by atoms with Crippen molar-refractivity contribution in [2.75, 3.05) is 11.9 Å². The molecule has 0 bridgehead atoms. The molecule has 2 aromatic rings. The van der Waals surface area contributed by atoms with E-state index in [2.05, 4.69) is 15.3 Å². The maximum Gasteiger partial charge on any atom is 0.330 e. The standard InChI is InChI=1S/C15H17N3O3/c1-3-21-14-10(2)13(16-9-17-14)18-12(15(19)20)11-7-5-4-6-8-11/h4-9,12H,3H2,1-2H3,(H,19,20)(H,16,17,18). The third-order valence-electron chi connectivity index (χ3n) is 2.98. The SMILES string of the molecule is CCOc1ncnc(NC(C(=O)O)c2ccccc2)c1C. The molecular weight excluding hydrogens is 270 g/mol. The highest BCUT2D eigenvalue weighted by molar-refractivity contribution is 5.79. The van der Waals surface area contributed by atoms with Crippen molar-refractivity contribution in [2.45, 2.75) is 19.9 Å². The molecule has 0 spiro atoms. The van der Waals surface area contributed by atoms with E-state index < -0.39 is 12.0 Å². The number of nitrogens with one attached hydrogen (secondary N) is 1. The van der Waals surface area contributed by atoms with Gasteiger partial charge in [0, 0.05) is 0 Å². The average Bonchev–Trinajstić information content (AvgIpc) is 2.49. The van der Waals surface area contributed by atoms with E-state index in [1.54, 1.807) is 31.2 Å². The van der Waals surface area contributed by atoms with E-state index in [0.29, 0.717) is 29.4 Å². The number of ether oxygens (including phenoxy) is 1. The summed E-state index contributed by atoms with van der Waals surface area (Å²) in [6.45, 7) is 4.13. The second-order valence-electron chi connectivity index (χ2n) is 4.41. The molecular formula is C15H17N3O3. The zero-order chi connectivity index (χ0) is 15.2. The van der Waals surface area contributed by atoms with Crippen LogP contribution in [0.15, 0.2) is 36.7 Å². The van der Waals surface area contributed by atoms with Gasteiger partial charge in [-0.2, -0.15) is 0 Å². The van der Waals surface area contributed by atoms with Crippen LogP contribution < -0.4 is 10.1 Å². The molecule has 1 atom stereocenters. The number of aromatic nitrogens is 2. The Bertz CT molecular complexity index is 617. The second-order valence-corrected chi connectivity index (χ2v) is 4.41. The highest BCUT2D eigenvalue weighted by atomic mass is 16.5. The third kappa shape index (κ3) is 3.47. The molecule has 0 saturated carbocycles. The first-order chi connectivity index (χ1) is 10.1. The van der Waals surface area contributed by atoms with E-state index in [0.717, 1.165) is 0 Å². The Kier molecular flexibility index (Phi) is 4.71. The summed E-state index contributed by atoms with van der Waals surface area (Å²) >= 11 is 0. The number of carboxylic acids is 1. The summed E-state index contributed by atoms with van der Waals surface area (Å²) in [4.78, 5) is 19.6. The Hall–Kier alpha value is -2.63. The third-order valence-corrected chi connectivity index (χ3v) is 2.98. The fourth-order valence-corrected chi connectivity index (χ4v) is 1.93. The number of benzene rings is 1. The predicted octanol–water partition coefficient (Wildman–Crippen LogP) is 2.42. The quantitative estimate of drug-likeness (QED) is 0.848. The molecule has 2 rings (SSSR count). The van der Waals surface area contributed by atoms with Crippen LogP contribution >= 0.6 is 0 Å². The number of hydrogen-bond donors (Lipinski definition) is 2. The van der Waals surface area contributed by atoms with E-state index >= 15 is 0 Å². The first kappa shape index (κ1) is 14.8. The normalized spacial score (nSPS) is 11.7. The summed E-state index contributed by atoms with van der Waals surface area (Å²) in [5.41, 5.74) is 1.34. The van der Waals surface area contributed by atoms with Crippen LogP contribution in [0.1, 0.15) is 24.1 Å². The van der Waals surface area contributed by atoms with E-state index in [9.17, 15) is 9.90 Å². The molecule has 0 fully saturated rings. The maximum atomic E-state index is 11.5. The fraction of sp³-hybridized carbons (Fsp3) is 0.267. The molecule has 6 heteroatoms. The number of hydrogen-bond acceptors (Lipinski definition) is 5. The molecule has 1 aromatic carbocycles. The number of nitrogens with zero attached hydrogens (tertiary/aromatic N) is 2. The zero-order valence-corrected chi connectivity index (χ0v) is 11.9. The van der Waals surface area contributed by atoms with E-state index in [-0.39, 0.29) is 0 Å². The van der Waals surface area contributed by atoms with Crippen LogP contribution in [-0.2, 0) is 4.79 Å². The highest BCUT2D eigenvalue weighted by Crippen LogP contribution is 2.25. The van der Waals surface area contributed by atoms with Gasteiger partial charge in [-0.3, -0.25) is 0 Å². The van der Waals surface area contributed by atoms with Crippen molar-refractivity contribution in [3.05, 3.63) is 47.8 Å². The largest absolute Gasteiger partial charge is 0.479 e. The lowest BCUT2D eigenvalue weighted by Gasteiger charge is -2.17. The molecule has 1 heterocycles. The van der Waals surface area contributed by atoms with Crippen molar-refractivity contribution in [3.63, 3.8) is 0 Å². The van der Waals surface area contributed by atoms with Crippen LogP contribution in [0, 0.1) is 6.92 Å². The van der Waals surface area contributed by atoms with Crippen molar-refractivity contribution in [2.24, 2.45) is 0 Å². The number of anilines is 1. The lowest BCUT2D eigenvalue weighted by atomic mass is 10.1. The molecule has 110 valence electrons. The van der Waals surface area contributed by atoms with Crippen LogP contribution in [0.25, 0.3) is 0 Å². The molecule has 0 radical (unpaired) electrons. The summed E-state index contributed by atoms with van der Waals surface area (Å²) in [6, 6.07) is 8.06. The molecule has 1 aromatic heterocycles. The predicted molar refractivity (Wildman–Crippen MR) is 78.4 cm³/mol. The number of carbonyl (C=O) groups is 1. The molecule has 0 aliphatic carbocycles. The Labute approximate surface area is 122 Å². The Morgan fingerprint density at radius 3 is 2.67 bits per heavy atom. The van der Waals surface area contributed by atoms with E-state index in [4.69, 9.17) is 4.74 Å². The van der Waals surface area contributed by atoms with Gasteiger partial charge in [0.1, 0.15) is 12.1 Å². The molecule has 1 unspecified atom stereocenters. The van der Waals surface area contributed by atoms with E-state index in [1.165, 1.54) is 6.33 Å². The van der Waals surface area contributed by atoms with Gasteiger partial charge in [0.25, 0.3) is 0 Å². The molecule has 0 amide bonds. The highest BCUT2D eigenvalue weighted by Gasteiger charge is 2.21. The van der Waals surface area contributed by atoms with Crippen LogP contribution in [0.4, 0.5) is 5.82 Å². The van der Waals surface area contributed by atoms with Crippen molar-refractivity contribution in [1.82, 2.24) is 9.97 Å². The van der Waals surface area contributed by atoms with Gasteiger partial charge >= 0.3 is 5.97 Å². The summed E-state index contributed by atoms with van der Waals surface area (Å²) in [5, 5.41) is 12.3. The van der Waals surface area contributed by atoms with Crippen LogP contribution in [0.5, 0.6) is 5.88 Å². The van der Waals surface area contributed by atoms with Gasteiger partial charge in [0.15, 0.2) is 6.04 Å².